The van der Waals surface area contributed by atoms with Crippen LogP contribution in [-0.2, 0) is 6.42 Å². The van der Waals surface area contributed by atoms with E-state index in [-0.39, 0.29) is 5.78 Å². The Morgan fingerprint density at radius 3 is 2.17 bits per heavy atom. The van der Waals surface area contributed by atoms with Gasteiger partial charge in [0, 0.05) is 12.0 Å². The van der Waals surface area contributed by atoms with Crippen molar-refractivity contribution in [2.45, 2.75) is 13.3 Å². The largest absolute Gasteiger partial charge is 0.497 e. The first kappa shape index (κ1) is 12.4. The SMILES string of the molecule is COc1ccc(CC(=O)c2ccc(C)cc2)cc1. The number of Topliss-reactive ketones (excluding diaryl/α,β-unsaturated/α-hetero) is 1. The number of aryl methyl sites for hydroxylation is 1. The van der Waals surface area contributed by atoms with Crippen LogP contribution in [-0.4, -0.2) is 12.9 Å². The van der Waals surface area contributed by atoms with Crippen molar-refractivity contribution in [2.75, 3.05) is 7.11 Å². The third-order valence-corrected chi connectivity index (χ3v) is 2.90. The molecule has 0 fully saturated rings. The first-order valence-corrected chi connectivity index (χ1v) is 5.92. The van der Waals surface area contributed by atoms with Crippen molar-refractivity contribution in [3.05, 3.63) is 65.2 Å². The fourth-order valence-corrected chi connectivity index (χ4v) is 1.77. The van der Waals surface area contributed by atoms with Crippen LogP contribution in [0.5, 0.6) is 5.75 Å². The maximum Gasteiger partial charge on any atom is 0.167 e. The molecule has 2 nitrogen and oxygen atoms in total. The fourth-order valence-electron chi connectivity index (χ4n) is 1.77. The predicted molar refractivity (Wildman–Crippen MR) is 72.2 cm³/mol. The van der Waals surface area contributed by atoms with Crippen molar-refractivity contribution in [1.29, 1.82) is 0 Å². The van der Waals surface area contributed by atoms with Gasteiger partial charge in [0.15, 0.2) is 5.78 Å². The highest BCUT2D eigenvalue weighted by atomic mass is 16.5. The molecule has 0 aliphatic carbocycles. The molecule has 2 rings (SSSR count). The Morgan fingerprint density at radius 1 is 1.00 bits per heavy atom. The Morgan fingerprint density at radius 2 is 1.61 bits per heavy atom. The van der Waals surface area contributed by atoms with E-state index in [1.807, 2.05) is 55.5 Å². The van der Waals surface area contributed by atoms with Crippen LogP contribution < -0.4 is 4.74 Å². The average molecular weight is 240 g/mol. The van der Waals surface area contributed by atoms with E-state index in [0.29, 0.717) is 6.42 Å². The Labute approximate surface area is 107 Å². The molecule has 0 aliphatic rings. The van der Waals surface area contributed by atoms with Crippen molar-refractivity contribution in [3.8, 4) is 5.75 Å². The van der Waals surface area contributed by atoms with E-state index in [9.17, 15) is 4.79 Å². The second-order valence-corrected chi connectivity index (χ2v) is 4.31. The van der Waals surface area contributed by atoms with Gasteiger partial charge in [-0.25, -0.2) is 0 Å². The number of ketones is 1. The summed E-state index contributed by atoms with van der Waals surface area (Å²) in [4.78, 5) is 12.0. The van der Waals surface area contributed by atoms with Gasteiger partial charge in [0.1, 0.15) is 5.75 Å². The summed E-state index contributed by atoms with van der Waals surface area (Å²) in [5.41, 5.74) is 2.92. The minimum absolute atomic E-state index is 0.139. The number of ether oxygens (including phenoxy) is 1. The van der Waals surface area contributed by atoms with E-state index >= 15 is 0 Å². The van der Waals surface area contributed by atoms with Crippen LogP contribution >= 0.6 is 0 Å². The quantitative estimate of drug-likeness (QED) is 0.765. The van der Waals surface area contributed by atoms with Crippen LogP contribution in [0.2, 0.25) is 0 Å². The van der Waals surface area contributed by atoms with Gasteiger partial charge in [-0.15, -0.1) is 0 Å². The van der Waals surface area contributed by atoms with Gasteiger partial charge in [-0.3, -0.25) is 4.79 Å². The Hall–Kier alpha value is -2.09. The lowest BCUT2D eigenvalue weighted by Crippen LogP contribution is -2.03. The lowest BCUT2D eigenvalue weighted by molar-refractivity contribution is 0.0993. The molecule has 0 atom stereocenters. The summed E-state index contributed by atoms with van der Waals surface area (Å²) in [5.74, 6) is 0.946. The van der Waals surface area contributed by atoms with Crippen molar-refractivity contribution < 1.29 is 9.53 Å². The number of hydrogen-bond donors (Lipinski definition) is 0. The van der Waals surface area contributed by atoms with Crippen molar-refractivity contribution in [3.63, 3.8) is 0 Å². The first-order chi connectivity index (χ1) is 8.69. The van der Waals surface area contributed by atoms with Crippen LogP contribution in [0.4, 0.5) is 0 Å². The molecule has 18 heavy (non-hydrogen) atoms. The van der Waals surface area contributed by atoms with Gasteiger partial charge in [0.25, 0.3) is 0 Å². The molecule has 0 aromatic heterocycles. The van der Waals surface area contributed by atoms with E-state index in [1.54, 1.807) is 7.11 Å². The second kappa shape index (κ2) is 5.50. The smallest absolute Gasteiger partial charge is 0.167 e. The molecule has 92 valence electrons. The molecule has 0 aliphatic heterocycles. The number of methoxy groups -OCH3 is 1. The minimum Gasteiger partial charge on any atom is -0.497 e. The molecule has 0 spiro atoms. The summed E-state index contributed by atoms with van der Waals surface area (Å²) in [7, 11) is 1.63. The van der Waals surface area contributed by atoms with Crippen molar-refractivity contribution in [1.82, 2.24) is 0 Å². The molecule has 0 heterocycles. The Kier molecular flexibility index (Phi) is 3.78. The van der Waals surface area contributed by atoms with Gasteiger partial charge in [-0.1, -0.05) is 42.0 Å². The zero-order valence-corrected chi connectivity index (χ0v) is 10.6. The summed E-state index contributed by atoms with van der Waals surface area (Å²) in [6.07, 6.45) is 0.424. The van der Waals surface area contributed by atoms with Crippen LogP contribution in [0.15, 0.2) is 48.5 Å². The molecule has 2 heteroatoms. The van der Waals surface area contributed by atoms with Crippen molar-refractivity contribution >= 4 is 5.78 Å². The molecule has 0 N–H and O–H groups in total. The molecule has 2 aromatic carbocycles. The molecular formula is C16H16O2. The Bertz CT molecular complexity index is 524. The standard InChI is InChI=1S/C16H16O2/c1-12-3-7-14(8-4-12)16(17)11-13-5-9-15(18-2)10-6-13/h3-10H,11H2,1-2H3. The van der Waals surface area contributed by atoms with Gasteiger partial charge >= 0.3 is 0 Å². The average Bonchev–Trinajstić information content (AvgIpc) is 2.40. The molecule has 0 unspecified atom stereocenters. The van der Waals surface area contributed by atoms with E-state index in [4.69, 9.17) is 4.74 Å². The van der Waals surface area contributed by atoms with Gasteiger partial charge < -0.3 is 4.74 Å². The van der Waals surface area contributed by atoms with E-state index in [1.165, 1.54) is 0 Å². The zero-order chi connectivity index (χ0) is 13.0. The molecular weight excluding hydrogens is 224 g/mol. The third-order valence-electron chi connectivity index (χ3n) is 2.90. The first-order valence-electron chi connectivity index (χ1n) is 5.92. The van der Waals surface area contributed by atoms with E-state index < -0.39 is 0 Å². The molecule has 0 saturated carbocycles. The molecule has 2 aromatic rings. The zero-order valence-electron chi connectivity index (χ0n) is 10.6. The van der Waals surface area contributed by atoms with Gasteiger partial charge in [0.05, 0.1) is 7.11 Å². The van der Waals surface area contributed by atoms with Crippen molar-refractivity contribution in [2.24, 2.45) is 0 Å². The normalized spacial score (nSPS) is 10.1. The maximum atomic E-state index is 12.0. The number of carbonyl (C=O) groups excluding carboxylic acids is 1. The lowest BCUT2D eigenvalue weighted by Gasteiger charge is -2.04. The molecule has 0 amide bonds. The monoisotopic (exact) mass is 240 g/mol. The summed E-state index contributed by atoms with van der Waals surface area (Å²) in [6.45, 7) is 2.01. The van der Waals surface area contributed by atoms with Gasteiger partial charge in [-0.2, -0.15) is 0 Å². The summed E-state index contributed by atoms with van der Waals surface area (Å²) in [5, 5.41) is 0. The highest BCUT2D eigenvalue weighted by Crippen LogP contribution is 2.14. The summed E-state index contributed by atoms with van der Waals surface area (Å²) >= 11 is 0. The molecule has 0 saturated heterocycles. The summed E-state index contributed by atoms with van der Waals surface area (Å²) in [6, 6.07) is 15.3. The number of carbonyl (C=O) groups is 1. The second-order valence-electron chi connectivity index (χ2n) is 4.31. The summed E-state index contributed by atoms with van der Waals surface area (Å²) < 4.78 is 5.09. The fraction of sp³-hybridized carbons (Fsp3) is 0.188. The maximum absolute atomic E-state index is 12.0. The number of rotatable bonds is 4. The van der Waals surface area contributed by atoms with Gasteiger partial charge in [0.2, 0.25) is 0 Å². The highest BCUT2D eigenvalue weighted by Gasteiger charge is 2.06. The topological polar surface area (TPSA) is 26.3 Å². The van der Waals surface area contributed by atoms with Crippen LogP contribution in [0.25, 0.3) is 0 Å². The molecule has 0 radical (unpaired) electrons. The third kappa shape index (κ3) is 2.98. The van der Waals surface area contributed by atoms with Crippen LogP contribution in [0, 0.1) is 6.92 Å². The predicted octanol–water partition coefficient (Wildman–Crippen LogP) is 3.43. The Balaban J connectivity index is 2.08. The lowest BCUT2D eigenvalue weighted by atomic mass is 10.0. The van der Waals surface area contributed by atoms with Crippen LogP contribution in [0.3, 0.4) is 0 Å². The minimum atomic E-state index is 0.139. The number of hydrogen-bond acceptors (Lipinski definition) is 2. The van der Waals surface area contributed by atoms with Gasteiger partial charge in [-0.05, 0) is 24.6 Å². The molecule has 0 bridgehead atoms. The highest BCUT2D eigenvalue weighted by molar-refractivity contribution is 5.97. The number of benzene rings is 2. The van der Waals surface area contributed by atoms with E-state index in [0.717, 1.165) is 22.4 Å². The van der Waals surface area contributed by atoms with Crippen LogP contribution in [0.1, 0.15) is 21.5 Å². The van der Waals surface area contributed by atoms with E-state index in [2.05, 4.69) is 0 Å².